The van der Waals surface area contributed by atoms with Gasteiger partial charge in [0.05, 0.1) is 23.8 Å². The molecule has 26 heavy (non-hydrogen) atoms. The SMILES string of the molecule is CCOC(=O)c1c(C)[nH]c2c(=O)n(C)cc(C#CC3CCCCC3O)c12. The van der Waals surface area contributed by atoms with E-state index in [0.29, 0.717) is 27.7 Å². The number of rotatable bonds is 2. The van der Waals surface area contributed by atoms with Crippen LogP contribution >= 0.6 is 0 Å². The largest absolute Gasteiger partial charge is 0.462 e. The molecule has 0 bridgehead atoms. The quantitative estimate of drug-likeness (QED) is 0.638. The van der Waals surface area contributed by atoms with Crippen LogP contribution in [0, 0.1) is 24.7 Å². The number of aliphatic hydroxyl groups is 1. The van der Waals surface area contributed by atoms with Crippen LogP contribution in [-0.2, 0) is 11.8 Å². The van der Waals surface area contributed by atoms with E-state index in [2.05, 4.69) is 16.8 Å². The van der Waals surface area contributed by atoms with Crippen LogP contribution in [0.15, 0.2) is 11.0 Å². The van der Waals surface area contributed by atoms with Gasteiger partial charge in [0.1, 0.15) is 5.52 Å². The number of hydrogen-bond acceptors (Lipinski definition) is 4. The Labute approximate surface area is 152 Å². The average Bonchev–Trinajstić information content (AvgIpc) is 2.96. The van der Waals surface area contributed by atoms with E-state index in [9.17, 15) is 14.7 Å². The maximum absolute atomic E-state index is 12.5. The number of fused-ring (bicyclic) bond motifs is 1. The first kappa shape index (κ1) is 18.3. The van der Waals surface area contributed by atoms with Gasteiger partial charge < -0.3 is 19.4 Å². The molecule has 1 saturated carbocycles. The van der Waals surface area contributed by atoms with Gasteiger partial charge in [-0.1, -0.05) is 24.7 Å². The summed E-state index contributed by atoms with van der Waals surface area (Å²) in [4.78, 5) is 27.9. The van der Waals surface area contributed by atoms with E-state index >= 15 is 0 Å². The van der Waals surface area contributed by atoms with Crippen molar-refractivity contribution in [3.8, 4) is 11.8 Å². The van der Waals surface area contributed by atoms with Crippen LogP contribution in [0.5, 0.6) is 0 Å². The van der Waals surface area contributed by atoms with Gasteiger partial charge in [-0.2, -0.15) is 0 Å². The van der Waals surface area contributed by atoms with E-state index in [0.717, 1.165) is 25.7 Å². The van der Waals surface area contributed by atoms with Crippen molar-refractivity contribution in [1.82, 2.24) is 9.55 Å². The van der Waals surface area contributed by atoms with E-state index in [4.69, 9.17) is 4.74 Å². The first-order valence-electron chi connectivity index (χ1n) is 9.02. The molecule has 2 aromatic heterocycles. The Morgan fingerprint density at radius 3 is 2.85 bits per heavy atom. The zero-order chi connectivity index (χ0) is 18.8. The first-order valence-corrected chi connectivity index (χ1v) is 9.02. The number of aromatic nitrogens is 2. The van der Waals surface area contributed by atoms with E-state index < -0.39 is 12.1 Å². The number of aromatic amines is 1. The highest BCUT2D eigenvalue weighted by molar-refractivity contribution is 6.07. The van der Waals surface area contributed by atoms with Crippen molar-refractivity contribution < 1.29 is 14.6 Å². The van der Waals surface area contributed by atoms with Crippen LogP contribution in [-0.4, -0.2) is 33.3 Å². The Kier molecular flexibility index (Phi) is 5.19. The number of aryl methyl sites for hydroxylation is 2. The lowest BCUT2D eigenvalue weighted by molar-refractivity contribution is 0.0528. The van der Waals surface area contributed by atoms with E-state index in [-0.39, 0.29) is 18.1 Å². The molecule has 1 aliphatic rings. The first-order chi connectivity index (χ1) is 12.4. The fraction of sp³-hybridized carbons (Fsp3) is 0.500. The number of carbonyl (C=O) groups excluding carboxylic acids is 1. The lowest BCUT2D eigenvalue weighted by atomic mass is 9.87. The van der Waals surface area contributed by atoms with Crippen LogP contribution < -0.4 is 5.56 Å². The predicted octanol–water partition coefficient (Wildman–Crippen LogP) is 2.25. The smallest absolute Gasteiger partial charge is 0.340 e. The average molecular weight is 356 g/mol. The molecule has 2 aromatic rings. The van der Waals surface area contributed by atoms with Gasteiger partial charge in [0.2, 0.25) is 0 Å². The number of nitrogens with one attached hydrogen (secondary N) is 1. The number of esters is 1. The molecular formula is C20H24N2O4. The van der Waals surface area contributed by atoms with Gasteiger partial charge in [0.15, 0.2) is 0 Å². The third-order valence-electron chi connectivity index (χ3n) is 4.92. The molecule has 2 atom stereocenters. The molecule has 0 radical (unpaired) electrons. The maximum atomic E-state index is 12.5. The molecule has 3 rings (SSSR count). The Morgan fingerprint density at radius 1 is 1.42 bits per heavy atom. The summed E-state index contributed by atoms with van der Waals surface area (Å²) < 4.78 is 6.61. The van der Waals surface area contributed by atoms with Gasteiger partial charge in [0, 0.05) is 30.2 Å². The summed E-state index contributed by atoms with van der Waals surface area (Å²) in [5, 5.41) is 10.6. The lowest BCUT2D eigenvalue weighted by Crippen LogP contribution is -2.23. The molecule has 1 fully saturated rings. The molecule has 0 saturated heterocycles. The molecule has 6 heteroatoms. The number of nitrogens with zero attached hydrogens (tertiary/aromatic N) is 1. The molecule has 0 aliphatic heterocycles. The number of pyridine rings is 1. The molecule has 0 spiro atoms. The Balaban J connectivity index is 2.17. The van der Waals surface area contributed by atoms with Gasteiger partial charge in [-0.25, -0.2) is 4.79 Å². The molecule has 2 unspecified atom stereocenters. The topological polar surface area (TPSA) is 84.3 Å². The zero-order valence-electron chi connectivity index (χ0n) is 15.4. The fourth-order valence-electron chi connectivity index (χ4n) is 3.55. The highest BCUT2D eigenvalue weighted by Gasteiger charge is 2.23. The third kappa shape index (κ3) is 3.27. The van der Waals surface area contributed by atoms with Crippen molar-refractivity contribution >= 4 is 16.9 Å². The normalized spacial score (nSPS) is 19.8. The number of H-pyrrole nitrogens is 1. The highest BCUT2D eigenvalue weighted by Crippen LogP contribution is 2.26. The molecular weight excluding hydrogens is 332 g/mol. The highest BCUT2D eigenvalue weighted by atomic mass is 16.5. The van der Waals surface area contributed by atoms with Crippen LogP contribution in [0.1, 0.15) is 54.2 Å². The molecule has 0 aromatic carbocycles. The number of carbonyl (C=O) groups is 1. The number of ether oxygens (including phenoxy) is 1. The second-order valence-electron chi connectivity index (χ2n) is 6.78. The van der Waals surface area contributed by atoms with Crippen LogP contribution in [0.25, 0.3) is 10.9 Å². The molecule has 138 valence electrons. The minimum Gasteiger partial charge on any atom is -0.462 e. The summed E-state index contributed by atoms with van der Waals surface area (Å²) in [6.45, 7) is 3.74. The number of aliphatic hydroxyl groups excluding tert-OH is 1. The summed E-state index contributed by atoms with van der Waals surface area (Å²) in [6, 6.07) is 0. The second kappa shape index (κ2) is 7.38. The van der Waals surface area contributed by atoms with Gasteiger partial charge in [0.25, 0.3) is 5.56 Å². The Hall–Kier alpha value is -2.52. The van der Waals surface area contributed by atoms with Gasteiger partial charge >= 0.3 is 5.97 Å². The molecule has 1 aliphatic carbocycles. The molecule has 2 N–H and O–H groups in total. The van der Waals surface area contributed by atoms with E-state index in [1.807, 2.05) is 0 Å². The summed E-state index contributed by atoms with van der Waals surface area (Å²) in [5.41, 5.74) is 1.66. The van der Waals surface area contributed by atoms with Crippen molar-refractivity contribution in [1.29, 1.82) is 0 Å². The van der Waals surface area contributed by atoms with E-state index in [1.54, 1.807) is 27.1 Å². The zero-order valence-corrected chi connectivity index (χ0v) is 15.4. The van der Waals surface area contributed by atoms with Gasteiger partial charge in [-0.3, -0.25) is 4.79 Å². The van der Waals surface area contributed by atoms with Crippen molar-refractivity contribution in [2.45, 2.75) is 45.6 Å². The monoisotopic (exact) mass is 356 g/mol. The molecule has 6 nitrogen and oxygen atoms in total. The van der Waals surface area contributed by atoms with Gasteiger partial charge in [-0.15, -0.1) is 0 Å². The van der Waals surface area contributed by atoms with Crippen molar-refractivity contribution in [3.63, 3.8) is 0 Å². The summed E-state index contributed by atoms with van der Waals surface area (Å²) in [5.74, 6) is 5.71. The van der Waals surface area contributed by atoms with Crippen molar-refractivity contribution in [3.05, 3.63) is 33.4 Å². The summed E-state index contributed by atoms with van der Waals surface area (Å²) in [6.07, 6.45) is 4.92. The fourth-order valence-corrected chi connectivity index (χ4v) is 3.55. The van der Waals surface area contributed by atoms with Crippen LogP contribution in [0.2, 0.25) is 0 Å². The molecule has 2 heterocycles. The lowest BCUT2D eigenvalue weighted by Gasteiger charge is -2.22. The maximum Gasteiger partial charge on any atom is 0.340 e. The van der Waals surface area contributed by atoms with Gasteiger partial charge in [-0.05, 0) is 26.7 Å². The van der Waals surface area contributed by atoms with E-state index in [1.165, 1.54) is 4.57 Å². The van der Waals surface area contributed by atoms with Crippen LogP contribution in [0.4, 0.5) is 0 Å². The summed E-state index contributed by atoms with van der Waals surface area (Å²) in [7, 11) is 1.66. The van der Waals surface area contributed by atoms with Crippen molar-refractivity contribution in [2.75, 3.05) is 6.61 Å². The predicted molar refractivity (Wildman–Crippen MR) is 99.1 cm³/mol. The number of hydrogen-bond donors (Lipinski definition) is 2. The standard InChI is InChI=1S/C20H24N2O4/c1-4-26-20(25)16-12(2)21-18-17(16)14(11-22(3)19(18)24)10-9-13-7-5-6-8-15(13)23/h11,13,15,21,23H,4-8H2,1-3H3. The Bertz CT molecular complexity index is 958. The summed E-state index contributed by atoms with van der Waals surface area (Å²) >= 11 is 0. The minimum absolute atomic E-state index is 0.0814. The Morgan fingerprint density at radius 2 is 2.15 bits per heavy atom. The second-order valence-corrected chi connectivity index (χ2v) is 6.78. The van der Waals surface area contributed by atoms with Crippen molar-refractivity contribution in [2.24, 2.45) is 13.0 Å². The third-order valence-corrected chi connectivity index (χ3v) is 4.92. The van der Waals surface area contributed by atoms with Crippen LogP contribution in [0.3, 0.4) is 0 Å². The molecule has 0 amide bonds. The minimum atomic E-state index is -0.467.